The van der Waals surface area contributed by atoms with Crippen LogP contribution in [0.2, 0.25) is 0 Å². The fraction of sp³-hybridized carbons (Fsp3) is 0.467. The van der Waals surface area contributed by atoms with Gasteiger partial charge >= 0.3 is 0 Å². The van der Waals surface area contributed by atoms with Gasteiger partial charge in [0.1, 0.15) is 11.6 Å². The summed E-state index contributed by atoms with van der Waals surface area (Å²) < 4.78 is 28.6. The van der Waals surface area contributed by atoms with E-state index in [0.717, 1.165) is 17.1 Å². The number of rotatable bonds is 3. The summed E-state index contributed by atoms with van der Waals surface area (Å²) in [6.07, 6.45) is 0.901. The van der Waals surface area contributed by atoms with Gasteiger partial charge in [-0.2, -0.15) is 5.01 Å². The summed E-state index contributed by atoms with van der Waals surface area (Å²) in [5, 5.41) is 3.91. The second kappa shape index (κ2) is 6.49. The number of carbonyl (C=O) groups is 2. The van der Waals surface area contributed by atoms with Crippen LogP contribution in [0.25, 0.3) is 0 Å². The number of hydrogen-bond donors (Lipinski definition) is 2. The van der Waals surface area contributed by atoms with E-state index in [1.165, 1.54) is 0 Å². The summed E-state index contributed by atoms with van der Waals surface area (Å²) in [4.78, 5) is 25.2. The van der Waals surface area contributed by atoms with Crippen molar-refractivity contribution in [1.82, 2.24) is 10.3 Å². The summed E-state index contributed by atoms with van der Waals surface area (Å²) in [5.41, 5.74) is 2.38. The number of hydrogen-bond acceptors (Lipinski definition) is 5. The van der Waals surface area contributed by atoms with Gasteiger partial charge in [-0.05, 0) is 6.42 Å². The molecular formula is C15H18F2N4O2. The Bertz CT molecular complexity index is 616. The Morgan fingerprint density at radius 2 is 1.65 bits per heavy atom. The highest BCUT2D eigenvalue weighted by Gasteiger charge is 2.27. The van der Waals surface area contributed by atoms with E-state index in [2.05, 4.69) is 10.7 Å². The van der Waals surface area contributed by atoms with Gasteiger partial charge in [-0.25, -0.2) is 8.78 Å². The average Bonchev–Trinajstić information content (AvgIpc) is 2.54. The Morgan fingerprint density at radius 1 is 1.00 bits per heavy atom. The first-order valence-electron chi connectivity index (χ1n) is 7.63. The molecule has 2 aliphatic heterocycles. The molecule has 0 aliphatic carbocycles. The minimum atomic E-state index is -0.703. The third-order valence-corrected chi connectivity index (χ3v) is 4.01. The third-order valence-electron chi connectivity index (χ3n) is 4.01. The van der Waals surface area contributed by atoms with Crippen molar-refractivity contribution in [3.8, 4) is 0 Å². The van der Waals surface area contributed by atoms with Crippen molar-refractivity contribution in [1.29, 1.82) is 0 Å². The molecule has 3 rings (SSSR count). The van der Waals surface area contributed by atoms with Gasteiger partial charge in [0.15, 0.2) is 0 Å². The summed E-state index contributed by atoms with van der Waals surface area (Å²) in [5.74, 6) is -2.17. The molecule has 2 fully saturated rings. The SMILES string of the molecule is O=C1CCCC(=O)N1Nc1cc(F)c(N2CCNCC2)cc1F. The number of benzene rings is 1. The van der Waals surface area contributed by atoms with Crippen molar-refractivity contribution >= 4 is 23.2 Å². The zero-order valence-corrected chi connectivity index (χ0v) is 12.6. The van der Waals surface area contributed by atoms with Gasteiger partial charge in [0.2, 0.25) is 11.8 Å². The number of halogens is 2. The molecule has 124 valence electrons. The molecule has 0 aromatic heterocycles. The Labute approximate surface area is 132 Å². The van der Waals surface area contributed by atoms with Gasteiger partial charge in [0.25, 0.3) is 0 Å². The van der Waals surface area contributed by atoms with Gasteiger partial charge in [-0.15, -0.1) is 0 Å². The molecule has 8 heteroatoms. The molecule has 0 atom stereocenters. The molecule has 0 unspecified atom stereocenters. The number of hydrazine groups is 1. The lowest BCUT2D eigenvalue weighted by molar-refractivity contribution is -0.146. The lowest BCUT2D eigenvalue weighted by Gasteiger charge is -2.30. The fourth-order valence-corrected chi connectivity index (χ4v) is 2.77. The maximum atomic E-state index is 14.3. The summed E-state index contributed by atoms with van der Waals surface area (Å²) in [7, 11) is 0. The third kappa shape index (κ3) is 3.26. The molecule has 2 heterocycles. The van der Waals surface area contributed by atoms with Crippen molar-refractivity contribution in [2.45, 2.75) is 19.3 Å². The molecular weight excluding hydrogens is 306 g/mol. The monoisotopic (exact) mass is 324 g/mol. The highest BCUT2D eigenvalue weighted by Crippen LogP contribution is 2.27. The second-order valence-corrected chi connectivity index (χ2v) is 5.61. The molecule has 0 spiro atoms. The summed E-state index contributed by atoms with van der Waals surface area (Å²) >= 11 is 0. The first kappa shape index (κ1) is 15.7. The maximum Gasteiger partial charge on any atom is 0.248 e. The van der Waals surface area contributed by atoms with E-state index >= 15 is 0 Å². The van der Waals surface area contributed by atoms with E-state index < -0.39 is 23.4 Å². The number of imide groups is 1. The standard InChI is InChI=1S/C15H18F2N4O2/c16-10-9-13(20-6-4-18-5-7-20)11(17)8-12(10)19-21-14(22)2-1-3-15(21)23/h8-9,18-19H,1-7H2. The molecule has 6 nitrogen and oxygen atoms in total. The van der Waals surface area contributed by atoms with Crippen LogP contribution in [-0.4, -0.2) is 43.0 Å². The molecule has 2 aliphatic rings. The second-order valence-electron chi connectivity index (χ2n) is 5.61. The summed E-state index contributed by atoms with van der Waals surface area (Å²) in [6, 6.07) is 2.09. The molecule has 0 saturated carbocycles. The highest BCUT2D eigenvalue weighted by atomic mass is 19.1. The molecule has 2 N–H and O–H groups in total. The number of carbonyl (C=O) groups excluding carboxylic acids is 2. The van der Waals surface area contributed by atoms with Gasteiger partial charge in [0, 0.05) is 51.2 Å². The van der Waals surface area contributed by atoms with Crippen LogP contribution in [0.4, 0.5) is 20.2 Å². The van der Waals surface area contributed by atoms with Gasteiger partial charge in [-0.3, -0.25) is 15.0 Å². The molecule has 2 amide bonds. The van der Waals surface area contributed by atoms with E-state index in [-0.39, 0.29) is 24.2 Å². The minimum Gasteiger partial charge on any atom is -0.367 e. The normalized spacial score (nSPS) is 19.2. The lowest BCUT2D eigenvalue weighted by atomic mass is 10.1. The van der Waals surface area contributed by atoms with Crippen molar-refractivity contribution in [2.24, 2.45) is 0 Å². The molecule has 1 aromatic rings. The predicted octanol–water partition coefficient (Wildman–Crippen LogP) is 1.24. The number of nitrogens with one attached hydrogen (secondary N) is 2. The lowest BCUT2D eigenvalue weighted by Crippen LogP contribution is -2.44. The number of amides is 2. The zero-order chi connectivity index (χ0) is 16.4. The van der Waals surface area contributed by atoms with E-state index in [4.69, 9.17) is 0 Å². The molecule has 0 bridgehead atoms. The van der Waals surface area contributed by atoms with Crippen LogP contribution in [0, 0.1) is 11.6 Å². The average molecular weight is 324 g/mol. The number of piperidine rings is 1. The van der Waals surface area contributed by atoms with Crippen molar-refractivity contribution in [3.05, 3.63) is 23.8 Å². The van der Waals surface area contributed by atoms with Crippen LogP contribution < -0.4 is 15.6 Å². The van der Waals surface area contributed by atoms with Crippen LogP contribution in [-0.2, 0) is 9.59 Å². The first-order valence-corrected chi connectivity index (χ1v) is 7.63. The first-order chi connectivity index (χ1) is 11.1. The largest absolute Gasteiger partial charge is 0.367 e. The maximum absolute atomic E-state index is 14.3. The minimum absolute atomic E-state index is 0.186. The Balaban J connectivity index is 1.82. The van der Waals surface area contributed by atoms with E-state index in [1.807, 2.05) is 0 Å². The molecule has 1 aromatic carbocycles. The van der Waals surface area contributed by atoms with Crippen LogP contribution in [0.3, 0.4) is 0 Å². The molecule has 2 saturated heterocycles. The fourth-order valence-electron chi connectivity index (χ4n) is 2.77. The summed E-state index contributed by atoms with van der Waals surface area (Å²) in [6.45, 7) is 2.59. The Morgan fingerprint density at radius 3 is 2.30 bits per heavy atom. The smallest absolute Gasteiger partial charge is 0.248 e. The van der Waals surface area contributed by atoms with Crippen LogP contribution >= 0.6 is 0 Å². The van der Waals surface area contributed by atoms with E-state index in [0.29, 0.717) is 32.6 Å². The number of piperazine rings is 1. The van der Waals surface area contributed by atoms with Gasteiger partial charge in [0.05, 0.1) is 11.4 Å². The van der Waals surface area contributed by atoms with Crippen molar-refractivity contribution in [3.63, 3.8) is 0 Å². The van der Waals surface area contributed by atoms with Crippen LogP contribution in [0.1, 0.15) is 19.3 Å². The van der Waals surface area contributed by atoms with Gasteiger partial charge in [-0.1, -0.05) is 0 Å². The van der Waals surface area contributed by atoms with Gasteiger partial charge < -0.3 is 10.2 Å². The van der Waals surface area contributed by atoms with Crippen molar-refractivity contribution in [2.75, 3.05) is 36.5 Å². The quantitative estimate of drug-likeness (QED) is 0.819. The Kier molecular flexibility index (Phi) is 4.42. The molecule has 23 heavy (non-hydrogen) atoms. The number of anilines is 2. The van der Waals surface area contributed by atoms with E-state index in [1.54, 1.807) is 4.90 Å². The number of nitrogens with zero attached hydrogens (tertiary/aromatic N) is 2. The predicted molar refractivity (Wildman–Crippen MR) is 80.8 cm³/mol. The zero-order valence-electron chi connectivity index (χ0n) is 12.6. The van der Waals surface area contributed by atoms with Crippen LogP contribution in [0.5, 0.6) is 0 Å². The highest BCUT2D eigenvalue weighted by molar-refractivity contribution is 5.98. The molecule has 0 radical (unpaired) electrons. The Hall–Kier alpha value is -2.22. The van der Waals surface area contributed by atoms with Crippen LogP contribution in [0.15, 0.2) is 12.1 Å². The van der Waals surface area contributed by atoms with Crippen molar-refractivity contribution < 1.29 is 18.4 Å². The van der Waals surface area contributed by atoms with E-state index in [9.17, 15) is 18.4 Å². The topological polar surface area (TPSA) is 64.7 Å².